The van der Waals surface area contributed by atoms with Gasteiger partial charge in [0.15, 0.2) is 0 Å². The first kappa shape index (κ1) is 21.4. The van der Waals surface area contributed by atoms with Gasteiger partial charge in [0, 0.05) is 28.5 Å². The highest BCUT2D eigenvalue weighted by Gasteiger charge is 2.41. The fraction of sp³-hybridized carbons (Fsp3) is 0.167. The molecule has 33 heavy (non-hydrogen) atoms. The van der Waals surface area contributed by atoms with Gasteiger partial charge in [-0.3, -0.25) is 14.5 Å². The van der Waals surface area contributed by atoms with Crippen LogP contribution in [0.4, 0.5) is 11.5 Å². The Morgan fingerprint density at radius 1 is 1.15 bits per heavy atom. The van der Waals surface area contributed by atoms with Crippen molar-refractivity contribution in [1.82, 2.24) is 15.0 Å². The summed E-state index contributed by atoms with van der Waals surface area (Å²) in [6.07, 6.45) is 10.4. The topological polar surface area (TPSA) is 91.0 Å². The first-order valence-electron chi connectivity index (χ1n) is 10.4. The van der Waals surface area contributed by atoms with Crippen LogP contribution in [0.1, 0.15) is 6.92 Å². The molecule has 5 rings (SSSR count). The van der Waals surface area contributed by atoms with Crippen LogP contribution in [0.15, 0.2) is 82.7 Å². The first-order chi connectivity index (χ1) is 16.0. The number of carbonyl (C=O) groups excluding carboxylic acids is 1. The molecule has 1 amide bonds. The van der Waals surface area contributed by atoms with Crippen molar-refractivity contribution in [2.45, 2.75) is 13.0 Å². The molecule has 1 aromatic carbocycles. The van der Waals surface area contributed by atoms with E-state index in [9.17, 15) is 9.59 Å². The smallest absolute Gasteiger partial charge is 0.240 e. The molecule has 0 spiro atoms. The number of hydrogen-bond donors (Lipinski definition) is 2. The molecule has 0 fully saturated rings. The summed E-state index contributed by atoms with van der Waals surface area (Å²) < 4.78 is 0. The lowest BCUT2D eigenvalue weighted by Crippen LogP contribution is -2.46. The zero-order chi connectivity index (χ0) is 23.1. The second kappa shape index (κ2) is 8.50. The molecule has 2 N–H and O–H groups in total. The number of nitrogens with one attached hydrogen (secondary N) is 2. The zero-order valence-corrected chi connectivity index (χ0v) is 19.0. The van der Waals surface area contributed by atoms with Crippen LogP contribution in [0.3, 0.4) is 0 Å². The van der Waals surface area contributed by atoms with Crippen LogP contribution in [-0.2, 0) is 4.79 Å². The van der Waals surface area contributed by atoms with Gasteiger partial charge >= 0.3 is 0 Å². The number of anilines is 2. The minimum atomic E-state index is -0.477. The third-order valence-corrected chi connectivity index (χ3v) is 6.46. The van der Waals surface area contributed by atoms with E-state index in [1.165, 1.54) is 12.5 Å². The molecule has 7 nitrogen and oxygen atoms in total. The number of para-hydroxylation sites is 1. The van der Waals surface area contributed by atoms with Gasteiger partial charge in [0.05, 0.1) is 12.0 Å². The number of benzene rings is 1. The Morgan fingerprint density at radius 2 is 1.94 bits per heavy atom. The normalized spacial score (nSPS) is 20.8. The third-order valence-electron chi connectivity index (χ3n) is 5.82. The second-order valence-corrected chi connectivity index (χ2v) is 8.71. The van der Waals surface area contributed by atoms with Crippen LogP contribution in [0, 0.1) is 11.8 Å². The molecule has 0 bridgehead atoms. The molecule has 9 heteroatoms. The van der Waals surface area contributed by atoms with Crippen molar-refractivity contribution in [3.63, 3.8) is 0 Å². The van der Waals surface area contributed by atoms with E-state index < -0.39 is 5.92 Å². The number of aromatic nitrogens is 3. The van der Waals surface area contributed by atoms with Crippen LogP contribution >= 0.6 is 23.2 Å². The number of carbonyl (C=O) groups is 1. The maximum absolute atomic E-state index is 13.6. The molecule has 3 heterocycles. The number of aromatic amines is 1. The van der Waals surface area contributed by atoms with E-state index in [0.29, 0.717) is 16.5 Å². The van der Waals surface area contributed by atoms with E-state index in [0.717, 1.165) is 11.4 Å². The van der Waals surface area contributed by atoms with Gasteiger partial charge in [-0.15, -0.1) is 0 Å². The summed E-state index contributed by atoms with van der Waals surface area (Å²) in [5.74, 6) is -0.434. The Morgan fingerprint density at radius 3 is 2.73 bits per heavy atom. The molecule has 2 unspecified atom stereocenters. The van der Waals surface area contributed by atoms with Gasteiger partial charge < -0.3 is 10.3 Å². The van der Waals surface area contributed by atoms with Gasteiger partial charge in [-0.25, -0.2) is 9.97 Å². The minimum Gasteiger partial charge on any atom is -0.361 e. The van der Waals surface area contributed by atoms with Gasteiger partial charge in [-0.2, -0.15) is 0 Å². The van der Waals surface area contributed by atoms with Gasteiger partial charge in [-0.05, 0) is 25.1 Å². The Hall–Kier alpha value is -3.42. The predicted molar refractivity (Wildman–Crippen MR) is 130 cm³/mol. The van der Waals surface area contributed by atoms with Crippen molar-refractivity contribution < 1.29 is 4.79 Å². The number of H-pyrrole nitrogens is 1. The van der Waals surface area contributed by atoms with Crippen LogP contribution in [-0.4, -0.2) is 26.9 Å². The van der Waals surface area contributed by atoms with Crippen molar-refractivity contribution in [3.05, 3.63) is 93.1 Å². The van der Waals surface area contributed by atoms with Crippen LogP contribution in [0.25, 0.3) is 11.0 Å². The lowest BCUT2D eigenvalue weighted by molar-refractivity contribution is -0.121. The molecule has 2 aromatic heterocycles. The van der Waals surface area contributed by atoms with Crippen molar-refractivity contribution in [2.75, 3.05) is 10.2 Å². The quantitative estimate of drug-likeness (QED) is 0.569. The van der Waals surface area contributed by atoms with Crippen LogP contribution < -0.4 is 15.6 Å². The van der Waals surface area contributed by atoms with E-state index in [2.05, 4.69) is 20.3 Å². The highest BCUT2D eigenvalue weighted by molar-refractivity contribution is 6.32. The highest BCUT2D eigenvalue weighted by atomic mass is 35.5. The Labute approximate surface area is 199 Å². The van der Waals surface area contributed by atoms with Gasteiger partial charge in [-0.1, -0.05) is 59.6 Å². The molecular formula is C24H19Cl2N5O2. The van der Waals surface area contributed by atoms with Crippen molar-refractivity contribution in [2.24, 2.45) is 11.8 Å². The zero-order valence-electron chi connectivity index (χ0n) is 17.5. The Balaban J connectivity index is 1.59. The minimum absolute atomic E-state index is 0.0441. The summed E-state index contributed by atoms with van der Waals surface area (Å²) in [6, 6.07) is 9.01. The highest BCUT2D eigenvalue weighted by Crippen LogP contribution is 2.40. The maximum Gasteiger partial charge on any atom is 0.240 e. The summed E-state index contributed by atoms with van der Waals surface area (Å²) in [5.41, 5.74) is 1.46. The summed E-state index contributed by atoms with van der Waals surface area (Å²) in [6.45, 7) is 1.91. The number of fused-ring (bicyclic) bond motifs is 2. The maximum atomic E-state index is 13.6. The summed E-state index contributed by atoms with van der Waals surface area (Å²) in [4.78, 5) is 39.3. The summed E-state index contributed by atoms with van der Waals surface area (Å²) in [5, 5.41) is 4.09. The lowest BCUT2D eigenvalue weighted by Gasteiger charge is -2.39. The van der Waals surface area contributed by atoms with E-state index in [-0.39, 0.29) is 33.7 Å². The van der Waals surface area contributed by atoms with Crippen molar-refractivity contribution in [3.8, 4) is 0 Å². The summed E-state index contributed by atoms with van der Waals surface area (Å²) >= 11 is 12.5. The molecular weight excluding hydrogens is 461 g/mol. The molecule has 1 aliphatic carbocycles. The van der Waals surface area contributed by atoms with E-state index >= 15 is 0 Å². The van der Waals surface area contributed by atoms with Gasteiger partial charge in [0.1, 0.15) is 28.2 Å². The van der Waals surface area contributed by atoms with Crippen molar-refractivity contribution >= 4 is 51.6 Å². The van der Waals surface area contributed by atoms with E-state index in [4.69, 9.17) is 23.2 Å². The van der Waals surface area contributed by atoms with Crippen LogP contribution in [0.5, 0.6) is 0 Å². The number of hydrogen-bond acceptors (Lipinski definition) is 5. The molecule has 2 aliphatic rings. The number of allylic oxidation sites excluding steroid dienone is 4. The number of amides is 1. The Bertz CT molecular complexity index is 1400. The largest absolute Gasteiger partial charge is 0.361 e. The van der Waals surface area contributed by atoms with Crippen LogP contribution in [0.2, 0.25) is 5.02 Å². The Kier molecular flexibility index (Phi) is 5.52. The van der Waals surface area contributed by atoms with Crippen molar-refractivity contribution in [1.29, 1.82) is 0 Å². The van der Waals surface area contributed by atoms with Gasteiger partial charge in [0.2, 0.25) is 11.3 Å². The monoisotopic (exact) mass is 479 g/mol. The first-order valence-corrected chi connectivity index (χ1v) is 11.1. The fourth-order valence-electron chi connectivity index (χ4n) is 4.25. The standard InChI is InChI=1S/C24H19Cl2N5O2/c1-13(30-23-20-21(32)17(26)11-27-22(20)28-12-29-23)18-10-14-6-5-9-16(25)19(14)24(33)31(18)15-7-3-2-4-8-15/h2-14,19H,1H3,(H2,27,28,29,30,32)/t13-,14?,19?/m0/s1. The lowest BCUT2D eigenvalue weighted by atomic mass is 9.82. The SMILES string of the molecule is C[C@H](Nc1ncnc2[nH]cc(Cl)c(=O)c12)C1=CC2C=CC=C(Cl)C2C(=O)N1c1ccccc1. The summed E-state index contributed by atoms with van der Waals surface area (Å²) in [7, 11) is 0. The fourth-order valence-corrected chi connectivity index (χ4v) is 4.71. The van der Waals surface area contributed by atoms with E-state index in [1.807, 2.05) is 55.5 Å². The molecule has 0 saturated carbocycles. The number of halogens is 2. The number of rotatable bonds is 4. The van der Waals surface area contributed by atoms with E-state index in [1.54, 1.807) is 11.0 Å². The van der Waals surface area contributed by atoms with Gasteiger partial charge in [0.25, 0.3) is 0 Å². The second-order valence-electron chi connectivity index (χ2n) is 7.87. The average Bonchev–Trinajstić information content (AvgIpc) is 2.82. The predicted octanol–water partition coefficient (Wildman–Crippen LogP) is 4.63. The number of pyridine rings is 1. The molecule has 1 aliphatic heterocycles. The number of nitrogens with zero attached hydrogens (tertiary/aromatic N) is 3. The average molecular weight is 480 g/mol. The third kappa shape index (κ3) is 3.73. The molecule has 166 valence electrons. The molecule has 3 atom stereocenters. The molecule has 0 saturated heterocycles. The molecule has 0 radical (unpaired) electrons. The molecule has 3 aromatic rings.